The van der Waals surface area contributed by atoms with Crippen LogP contribution in [0.15, 0.2) is 60.7 Å². The number of hydrogen-bond acceptors (Lipinski definition) is 4. The molecule has 1 aliphatic rings. The number of ether oxygens (including phenoxy) is 1. The monoisotopic (exact) mass is 304 g/mol. The van der Waals surface area contributed by atoms with Crippen LogP contribution in [0.5, 0.6) is 0 Å². The SMILES string of the molecule is COC(=O)c1ccccc1C1Nc2cccc3cccc(c23)N1. The van der Waals surface area contributed by atoms with Gasteiger partial charge in [0.25, 0.3) is 0 Å². The van der Waals surface area contributed by atoms with Crippen molar-refractivity contribution in [1.29, 1.82) is 0 Å². The summed E-state index contributed by atoms with van der Waals surface area (Å²) in [4.78, 5) is 12.0. The molecule has 0 amide bonds. The Bertz CT molecular complexity index is 864. The molecule has 0 unspecified atom stereocenters. The number of rotatable bonds is 2. The molecule has 2 N–H and O–H groups in total. The van der Waals surface area contributed by atoms with Crippen LogP contribution in [-0.4, -0.2) is 13.1 Å². The van der Waals surface area contributed by atoms with E-state index in [4.69, 9.17) is 4.74 Å². The molecule has 3 aromatic rings. The van der Waals surface area contributed by atoms with Crippen molar-refractivity contribution in [3.63, 3.8) is 0 Å². The van der Waals surface area contributed by atoms with Crippen LogP contribution in [0.4, 0.5) is 11.4 Å². The average molecular weight is 304 g/mol. The van der Waals surface area contributed by atoms with E-state index < -0.39 is 0 Å². The maximum atomic E-state index is 12.0. The van der Waals surface area contributed by atoms with Crippen LogP contribution < -0.4 is 10.6 Å². The highest BCUT2D eigenvalue weighted by atomic mass is 16.5. The molecule has 0 spiro atoms. The number of esters is 1. The Morgan fingerprint density at radius 3 is 2.22 bits per heavy atom. The average Bonchev–Trinajstić information content (AvgIpc) is 2.61. The minimum Gasteiger partial charge on any atom is -0.465 e. The maximum absolute atomic E-state index is 12.0. The van der Waals surface area contributed by atoms with Crippen molar-refractivity contribution in [1.82, 2.24) is 0 Å². The van der Waals surface area contributed by atoms with Crippen LogP contribution in [-0.2, 0) is 4.74 Å². The molecule has 0 saturated carbocycles. The Hall–Kier alpha value is -3.01. The van der Waals surface area contributed by atoms with Gasteiger partial charge in [-0.2, -0.15) is 0 Å². The molecule has 114 valence electrons. The summed E-state index contributed by atoms with van der Waals surface area (Å²) < 4.78 is 4.90. The zero-order valence-corrected chi connectivity index (χ0v) is 12.7. The minimum absolute atomic E-state index is 0.189. The van der Waals surface area contributed by atoms with E-state index in [9.17, 15) is 4.79 Å². The van der Waals surface area contributed by atoms with Gasteiger partial charge >= 0.3 is 5.97 Å². The first-order valence-electron chi connectivity index (χ1n) is 7.50. The summed E-state index contributed by atoms with van der Waals surface area (Å²) >= 11 is 0. The van der Waals surface area contributed by atoms with Gasteiger partial charge in [0.05, 0.1) is 12.7 Å². The molecule has 0 aromatic heterocycles. The topological polar surface area (TPSA) is 50.4 Å². The summed E-state index contributed by atoms with van der Waals surface area (Å²) in [6, 6.07) is 19.8. The first-order chi connectivity index (χ1) is 11.3. The lowest BCUT2D eigenvalue weighted by Gasteiger charge is -2.30. The fourth-order valence-electron chi connectivity index (χ4n) is 3.13. The first-order valence-corrected chi connectivity index (χ1v) is 7.50. The smallest absolute Gasteiger partial charge is 0.338 e. The fourth-order valence-corrected chi connectivity index (χ4v) is 3.13. The van der Waals surface area contributed by atoms with E-state index in [0.29, 0.717) is 5.56 Å². The Morgan fingerprint density at radius 2 is 1.57 bits per heavy atom. The number of carbonyl (C=O) groups excluding carboxylic acids is 1. The second-order valence-corrected chi connectivity index (χ2v) is 5.51. The van der Waals surface area contributed by atoms with E-state index in [1.807, 2.05) is 30.3 Å². The van der Waals surface area contributed by atoms with E-state index >= 15 is 0 Å². The van der Waals surface area contributed by atoms with E-state index in [2.05, 4.69) is 34.9 Å². The molecule has 0 aliphatic carbocycles. The van der Waals surface area contributed by atoms with E-state index in [1.165, 1.54) is 17.9 Å². The fraction of sp³-hybridized carbons (Fsp3) is 0.105. The third-order valence-electron chi connectivity index (χ3n) is 4.18. The Balaban J connectivity index is 1.81. The Morgan fingerprint density at radius 1 is 0.913 bits per heavy atom. The summed E-state index contributed by atoms with van der Waals surface area (Å²) in [5.41, 5.74) is 3.54. The van der Waals surface area contributed by atoms with Crippen LogP contribution in [0, 0.1) is 0 Å². The van der Waals surface area contributed by atoms with Gasteiger partial charge in [-0.1, -0.05) is 42.5 Å². The number of nitrogens with one attached hydrogen (secondary N) is 2. The van der Waals surface area contributed by atoms with Crippen LogP contribution in [0.3, 0.4) is 0 Å². The third kappa shape index (κ3) is 2.19. The van der Waals surface area contributed by atoms with E-state index in [1.54, 1.807) is 6.07 Å². The molecule has 0 radical (unpaired) electrons. The Kier molecular flexibility index (Phi) is 3.15. The Labute approximate surface area is 134 Å². The second-order valence-electron chi connectivity index (χ2n) is 5.51. The maximum Gasteiger partial charge on any atom is 0.338 e. The molecule has 0 atom stereocenters. The lowest BCUT2D eigenvalue weighted by Crippen LogP contribution is -2.25. The standard InChI is InChI=1S/C19H16N2O2/c1-23-19(22)14-9-3-2-8-13(14)18-20-15-10-4-6-12-7-5-11-16(21-18)17(12)15/h2-11,18,20-21H,1H3. The van der Waals surface area contributed by atoms with Crippen LogP contribution in [0.2, 0.25) is 0 Å². The van der Waals surface area contributed by atoms with Crippen molar-refractivity contribution in [2.45, 2.75) is 6.17 Å². The van der Waals surface area contributed by atoms with E-state index in [-0.39, 0.29) is 12.1 Å². The predicted molar refractivity (Wildman–Crippen MR) is 91.7 cm³/mol. The molecule has 0 fully saturated rings. The molecule has 4 rings (SSSR count). The predicted octanol–water partition coefficient (Wildman–Crippen LogP) is 4.16. The van der Waals surface area contributed by atoms with Gasteiger partial charge in [-0.15, -0.1) is 0 Å². The zero-order chi connectivity index (χ0) is 15.8. The molecule has 0 saturated heterocycles. The highest BCUT2D eigenvalue weighted by Crippen LogP contribution is 2.38. The molecule has 3 aromatic carbocycles. The third-order valence-corrected chi connectivity index (χ3v) is 4.18. The van der Waals surface area contributed by atoms with Gasteiger partial charge < -0.3 is 15.4 Å². The second kappa shape index (κ2) is 5.32. The molecule has 23 heavy (non-hydrogen) atoms. The van der Waals surface area contributed by atoms with Crippen molar-refractivity contribution in [2.75, 3.05) is 17.7 Å². The molecule has 0 bridgehead atoms. The number of benzene rings is 3. The van der Waals surface area contributed by atoms with Gasteiger partial charge in [0.1, 0.15) is 6.17 Å². The summed E-state index contributed by atoms with van der Waals surface area (Å²) in [6.45, 7) is 0. The van der Waals surface area contributed by atoms with Crippen molar-refractivity contribution >= 4 is 28.1 Å². The molecule has 4 heteroatoms. The molecule has 1 heterocycles. The largest absolute Gasteiger partial charge is 0.465 e. The highest BCUT2D eigenvalue weighted by molar-refractivity contribution is 6.05. The van der Waals surface area contributed by atoms with E-state index in [0.717, 1.165) is 16.9 Å². The lowest BCUT2D eigenvalue weighted by molar-refractivity contribution is 0.0599. The summed E-state index contributed by atoms with van der Waals surface area (Å²) in [5.74, 6) is -0.332. The normalized spacial score (nSPS) is 13.3. The number of anilines is 2. The zero-order valence-electron chi connectivity index (χ0n) is 12.7. The molecular weight excluding hydrogens is 288 g/mol. The van der Waals surface area contributed by atoms with Crippen LogP contribution in [0.1, 0.15) is 22.1 Å². The van der Waals surface area contributed by atoms with Crippen molar-refractivity contribution < 1.29 is 9.53 Å². The van der Waals surface area contributed by atoms with Gasteiger partial charge in [-0.3, -0.25) is 0 Å². The molecular formula is C19H16N2O2. The highest BCUT2D eigenvalue weighted by Gasteiger charge is 2.24. The quantitative estimate of drug-likeness (QED) is 0.698. The number of methoxy groups -OCH3 is 1. The van der Waals surface area contributed by atoms with Gasteiger partial charge in [-0.25, -0.2) is 4.79 Å². The van der Waals surface area contributed by atoms with Gasteiger partial charge in [0.2, 0.25) is 0 Å². The number of hydrogen-bond donors (Lipinski definition) is 2. The molecule has 1 aliphatic heterocycles. The first kappa shape index (κ1) is 13.6. The summed E-state index contributed by atoms with van der Waals surface area (Å²) in [6.07, 6.45) is -0.189. The number of carbonyl (C=O) groups is 1. The van der Waals surface area contributed by atoms with Gasteiger partial charge in [0.15, 0.2) is 0 Å². The molecule has 4 nitrogen and oxygen atoms in total. The van der Waals surface area contributed by atoms with Crippen molar-refractivity contribution in [3.05, 3.63) is 71.8 Å². The van der Waals surface area contributed by atoms with Gasteiger partial charge in [-0.05, 0) is 23.6 Å². The lowest BCUT2D eigenvalue weighted by atomic mass is 9.99. The van der Waals surface area contributed by atoms with Crippen molar-refractivity contribution in [3.8, 4) is 0 Å². The van der Waals surface area contributed by atoms with Crippen LogP contribution in [0.25, 0.3) is 10.8 Å². The summed E-state index contributed by atoms with van der Waals surface area (Å²) in [7, 11) is 1.40. The van der Waals surface area contributed by atoms with Crippen molar-refractivity contribution in [2.24, 2.45) is 0 Å². The van der Waals surface area contributed by atoms with Gasteiger partial charge in [0, 0.05) is 22.3 Å². The summed E-state index contributed by atoms with van der Waals surface area (Å²) in [5, 5.41) is 9.30. The minimum atomic E-state index is -0.332. The van der Waals surface area contributed by atoms with Crippen LogP contribution >= 0.6 is 0 Å².